The average Bonchev–Trinajstić information content (AvgIpc) is 2.41. The maximum absolute atomic E-state index is 12.2. The van der Waals surface area contributed by atoms with E-state index in [1.54, 1.807) is 13.0 Å². The molecule has 1 aliphatic rings. The van der Waals surface area contributed by atoms with Gasteiger partial charge in [0.05, 0.1) is 12.1 Å². The van der Waals surface area contributed by atoms with Gasteiger partial charge in [-0.3, -0.25) is 9.69 Å². The summed E-state index contributed by atoms with van der Waals surface area (Å²) in [5, 5.41) is 1.58. The molecule has 0 saturated carbocycles. The van der Waals surface area contributed by atoms with Crippen molar-refractivity contribution >= 4 is 28.4 Å². The van der Waals surface area contributed by atoms with Gasteiger partial charge in [-0.2, -0.15) is 0 Å². The summed E-state index contributed by atoms with van der Waals surface area (Å²) in [5.74, 6) is 0.0993. The van der Waals surface area contributed by atoms with E-state index in [9.17, 15) is 9.59 Å². The lowest BCUT2D eigenvalue weighted by Crippen LogP contribution is -2.36. The Balaban J connectivity index is 2.13. The molecule has 3 rings (SSSR count). The van der Waals surface area contributed by atoms with Crippen LogP contribution in [0.1, 0.15) is 23.6 Å². The minimum atomic E-state index is -0.313. The average molecular weight is 306 g/mol. The van der Waals surface area contributed by atoms with Gasteiger partial charge in [0, 0.05) is 23.5 Å². The van der Waals surface area contributed by atoms with Gasteiger partial charge in [-0.25, -0.2) is 4.79 Å². The van der Waals surface area contributed by atoms with Gasteiger partial charge in [0.15, 0.2) is 0 Å². The molecule has 0 amide bonds. The molecule has 4 nitrogen and oxygen atoms in total. The fourth-order valence-electron chi connectivity index (χ4n) is 2.89. The third kappa shape index (κ3) is 2.61. The minimum Gasteiger partial charge on any atom is -0.422 e. The number of halogens is 1. The maximum atomic E-state index is 12.2. The monoisotopic (exact) mass is 305 g/mol. The second kappa shape index (κ2) is 5.28. The Labute approximate surface area is 127 Å². The van der Waals surface area contributed by atoms with Gasteiger partial charge in [0.2, 0.25) is 0 Å². The molecule has 1 aromatic heterocycles. The molecule has 0 bridgehead atoms. The molecule has 21 heavy (non-hydrogen) atoms. The van der Waals surface area contributed by atoms with Crippen molar-refractivity contribution in [1.82, 2.24) is 4.90 Å². The van der Waals surface area contributed by atoms with Crippen LogP contribution in [0.15, 0.2) is 21.3 Å². The number of carbonyl (C=O) groups is 1. The summed E-state index contributed by atoms with van der Waals surface area (Å²) in [5.41, 5.74) is 2.81. The Morgan fingerprint density at radius 1 is 1.38 bits per heavy atom. The van der Waals surface area contributed by atoms with E-state index in [0.29, 0.717) is 29.3 Å². The highest BCUT2D eigenvalue weighted by molar-refractivity contribution is 6.32. The van der Waals surface area contributed by atoms with Gasteiger partial charge in [0.25, 0.3) is 0 Å². The molecule has 1 aromatic carbocycles. The molecule has 5 heteroatoms. The number of carbonyl (C=O) groups excluding carboxylic acids is 1. The molecule has 0 radical (unpaired) electrons. The van der Waals surface area contributed by atoms with Gasteiger partial charge in [-0.1, -0.05) is 11.6 Å². The van der Waals surface area contributed by atoms with Crippen molar-refractivity contribution in [1.29, 1.82) is 0 Å². The van der Waals surface area contributed by atoms with E-state index in [-0.39, 0.29) is 11.4 Å². The summed E-state index contributed by atoms with van der Waals surface area (Å²) in [6.45, 7) is 5.03. The molecule has 0 saturated heterocycles. The van der Waals surface area contributed by atoms with E-state index >= 15 is 0 Å². The largest absolute Gasteiger partial charge is 0.422 e. The van der Waals surface area contributed by atoms with Crippen LogP contribution in [0.2, 0.25) is 5.02 Å². The lowest BCUT2D eigenvalue weighted by molar-refractivity contribution is -0.118. The van der Waals surface area contributed by atoms with Crippen molar-refractivity contribution < 1.29 is 9.21 Å². The van der Waals surface area contributed by atoms with Crippen molar-refractivity contribution in [2.75, 3.05) is 13.1 Å². The Morgan fingerprint density at radius 3 is 2.86 bits per heavy atom. The number of aryl methyl sites for hydroxylation is 1. The molecule has 0 spiro atoms. The van der Waals surface area contributed by atoms with Crippen LogP contribution >= 0.6 is 11.6 Å². The number of rotatable bonds is 2. The lowest BCUT2D eigenvalue weighted by Gasteiger charge is -2.27. The molecule has 0 N–H and O–H groups in total. The molecule has 2 aromatic rings. The van der Waals surface area contributed by atoms with Crippen LogP contribution in [0.5, 0.6) is 0 Å². The number of Topliss-reactive ketones (excluding diaryl/α,β-unsaturated/α-hetero) is 1. The van der Waals surface area contributed by atoms with E-state index < -0.39 is 0 Å². The SMILES string of the molecule is CC(=O)CN1CCc2c(c(=O)oc3cc(C)c(Cl)cc23)C1. The normalized spacial score (nSPS) is 15.2. The number of ketones is 1. The summed E-state index contributed by atoms with van der Waals surface area (Å²) in [4.78, 5) is 25.4. The summed E-state index contributed by atoms with van der Waals surface area (Å²) in [6.07, 6.45) is 0.726. The van der Waals surface area contributed by atoms with E-state index in [0.717, 1.165) is 29.5 Å². The first kappa shape index (κ1) is 14.3. The lowest BCUT2D eigenvalue weighted by atomic mass is 9.97. The van der Waals surface area contributed by atoms with Crippen LogP contribution in [-0.2, 0) is 17.8 Å². The van der Waals surface area contributed by atoms with Crippen LogP contribution in [0.25, 0.3) is 11.0 Å². The molecule has 0 atom stereocenters. The van der Waals surface area contributed by atoms with Gasteiger partial charge in [0.1, 0.15) is 11.4 Å². The Morgan fingerprint density at radius 2 is 2.14 bits per heavy atom. The Kier molecular flexibility index (Phi) is 3.59. The summed E-state index contributed by atoms with van der Waals surface area (Å²) in [7, 11) is 0. The van der Waals surface area contributed by atoms with Crippen LogP contribution in [0, 0.1) is 6.92 Å². The fraction of sp³-hybridized carbons (Fsp3) is 0.375. The molecular weight excluding hydrogens is 290 g/mol. The van der Waals surface area contributed by atoms with Crippen LogP contribution in [0.4, 0.5) is 0 Å². The standard InChI is InChI=1S/C16H16ClNO3/c1-9-5-15-12(6-14(9)17)11-3-4-18(7-10(2)19)8-13(11)16(20)21-15/h5-6H,3-4,7-8H2,1-2H3. The predicted octanol–water partition coefficient (Wildman–Crippen LogP) is 2.70. The Bertz CT molecular complexity index is 794. The van der Waals surface area contributed by atoms with Crippen molar-refractivity contribution in [3.8, 4) is 0 Å². The molecule has 0 aliphatic carbocycles. The van der Waals surface area contributed by atoms with Gasteiger partial charge < -0.3 is 4.42 Å². The number of nitrogens with zero attached hydrogens (tertiary/aromatic N) is 1. The van der Waals surface area contributed by atoms with E-state index in [2.05, 4.69) is 0 Å². The van der Waals surface area contributed by atoms with Crippen molar-refractivity contribution in [2.45, 2.75) is 26.8 Å². The summed E-state index contributed by atoms with van der Waals surface area (Å²) < 4.78 is 5.42. The molecule has 0 unspecified atom stereocenters. The van der Waals surface area contributed by atoms with E-state index in [1.165, 1.54) is 0 Å². The molecule has 2 heterocycles. The third-order valence-corrected chi connectivity index (χ3v) is 4.31. The third-order valence-electron chi connectivity index (χ3n) is 3.91. The highest BCUT2D eigenvalue weighted by Gasteiger charge is 2.23. The Hall–Kier alpha value is -1.65. The second-order valence-corrected chi connectivity index (χ2v) is 6.01. The number of hydrogen-bond acceptors (Lipinski definition) is 4. The van der Waals surface area contributed by atoms with Crippen molar-refractivity contribution in [3.05, 3.63) is 44.3 Å². The van der Waals surface area contributed by atoms with Crippen molar-refractivity contribution in [2.24, 2.45) is 0 Å². The number of benzene rings is 1. The van der Waals surface area contributed by atoms with Crippen LogP contribution in [-0.4, -0.2) is 23.8 Å². The molecule has 1 aliphatic heterocycles. The molecular formula is C16H16ClNO3. The molecule has 0 fully saturated rings. The first-order valence-electron chi connectivity index (χ1n) is 6.92. The quantitative estimate of drug-likeness (QED) is 0.801. The highest BCUT2D eigenvalue weighted by atomic mass is 35.5. The number of hydrogen-bond donors (Lipinski definition) is 0. The second-order valence-electron chi connectivity index (χ2n) is 5.61. The predicted molar refractivity (Wildman–Crippen MR) is 81.9 cm³/mol. The first-order valence-corrected chi connectivity index (χ1v) is 7.30. The summed E-state index contributed by atoms with van der Waals surface area (Å²) in [6, 6.07) is 3.68. The zero-order valence-corrected chi connectivity index (χ0v) is 12.8. The van der Waals surface area contributed by atoms with Gasteiger partial charge in [-0.15, -0.1) is 0 Å². The first-order chi connectivity index (χ1) is 9.95. The van der Waals surface area contributed by atoms with Crippen molar-refractivity contribution in [3.63, 3.8) is 0 Å². The zero-order chi connectivity index (χ0) is 15.1. The fourth-order valence-corrected chi connectivity index (χ4v) is 3.05. The minimum absolute atomic E-state index is 0.0993. The smallest absolute Gasteiger partial charge is 0.341 e. The molecule has 110 valence electrons. The van der Waals surface area contributed by atoms with Gasteiger partial charge in [-0.05, 0) is 43.5 Å². The highest BCUT2D eigenvalue weighted by Crippen LogP contribution is 2.29. The van der Waals surface area contributed by atoms with Gasteiger partial charge >= 0.3 is 5.63 Å². The van der Waals surface area contributed by atoms with E-state index in [4.69, 9.17) is 16.0 Å². The zero-order valence-electron chi connectivity index (χ0n) is 12.0. The van der Waals surface area contributed by atoms with E-state index in [1.807, 2.05) is 17.9 Å². The summed E-state index contributed by atoms with van der Waals surface area (Å²) >= 11 is 6.19. The van der Waals surface area contributed by atoms with Crippen LogP contribution < -0.4 is 5.63 Å². The van der Waals surface area contributed by atoms with Crippen LogP contribution in [0.3, 0.4) is 0 Å². The maximum Gasteiger partial charge on any atom is 0.341 e. The number of fused-ring (bicyclic) bond motifs is 3. The topological polar surface area (TPSA) is 50.5 Å².